The maximum Gasteiger partial charge on any atom is 0.274 e. The first-order chi connectivity index (χ1) is 15.4. The highest BCUT2D eigenvalue weighted by molar-refractivity contribution is 7.20. The Balaban J connectivity index is 1.48. The van der Waals surface area contributed by atoms with Gasteiger partial charge in [0.1, 0.15) is 27.2 Å². The Labute approximate surface area is 189 Å². The number of thiophene rings is 1. The van der Waals surface area contributed by atoms with Crippen LogP contribution in [0.2, 0.25) is 0 Å². The second-order valence-corrected chi connectivity index (χ2v) is 9.11. The van der Waals surface area contributed by atoms with Crippen molar-refractivity contribution in [1.29, 1.82) is 0 Å². The van der Waals surface area contributed by atoms with Gasteiger partial charge in [0.15, 0.2) is 0 Å². The van der Waals surface area contributed by atoms with Gasteiger partial charge in [0.05, 0.1) is 13.2 Å². The second kappa shape index (κ2) is 7.99. The van der Waals surface area contributed by atoms with E-state index in [0.717, 1.165) is 27.0 Å². The van der Waals surface area contributed by atoms with Crippen molar-refractivity contribution in [2.45, 2.75) is 13.0 Å². The highest BCUT2D eigenvalue weighted by Crippen LogP contribution is 2.38. The molecule has 1 aliphatic rings. The number of aromatic nitrogens is 3. The van der Waals surface area contributed by atoms with Crippen LogP contribution < -0.4 is 0 Å². The molecule has 4 aromatic rings. The number of pyridine rings is 2. The number of carbonyl (C=O) groups excluding carboxylic acids is 2. The lowest BCUT2D eigenvalue weighted by atomic mass is 10.0. The smallest absolute Gasteiger partial charge is 0.274 e. The average molecular weight is 450 g/mol. The molecule has 0 aliphatic carbocycles. The van der Waals surface area contributed by atoms with Crippen LogP contribution in [0.15, 0.2) is 42.9 Å². The van der Waals surface area contributed by atoms with Gasteiger partial charge in [0.25, 0.3) is 11.8 Å². The number of imidazole rings is 1. The number of aryl methyl sites for hydroxylation is 1. The maximum absolute atomic E-state index is 13.3. The molecule has 0 radical (unpaired) electrons. The van der Waals surface area contributed by atoms with Crippen LogP contribution >= 0.6 is 11.3 Å². The lowest BCUT2D eigenvalue weighted by Gasteiger charge is -2.33. The fourth-order valence-corrected chi connectivity index (χ4v) is 5.21. The lowest BCUT2D eigenvalue weighted by Crippen LogP contribution is -2.42. The summed E-state index contributed by atoms with van der Waals surface area (Å²) in [5.74, 6) is -0.233. The minimum atomic E-state index is -0.413. The SMILES string of the molecule is Cc1ccn2cc(C(=O)N3CCO[C@@H](c4c(C(=O)N(C)C)sc5ncccc45)C3)nc2c1. The van der Waals surface area contributed by atoms with Crippen molar-refractivity contribution in [3.8, 4) is 0 Å². The Kier molecular flexibility index (Phi) is 5.15. The number of amides is 2. The van der Waals surface area contributed by atoms with Crippen LogP contribution in [-0.2, 0) is 4.74 Å². The van der Waals surface area contributed by atoms with E-state index < -0.39 is 6.10 Å². The number of fused-ring (bicyclic) bond motifs is 2. The monoisotopic (exact) mass is 449 g/mol. The molecule has 32 heavy (non-hydrogen) atoms. The molecule has 0 N–H and O–H groups in total. The predicted molar refractivity (Wildman–Crippen MR) is 122 cm³/mol. The number of nitrogens with zero attached hydrogens (tertiary/aromatic N) is 5. The first kappa shape index (κ1) is 20.6. The molecule has 8 nitrogen and oxygen atoms in total. The van der Waals surface area contributed by atoms with Crippen LogP contribution in [0.4, 0.5) is 0 Å². The van der Waals surface area contributed by atoms with E-state index in [4.69, 9.17) is 4.74 Å². The number of morpholine rings is 1. The second-order valence-electron chi connectivity index (χ2n) is 8.11. The van der Waals surface area contributed by atoms with E-state index in [1.807, 2.05) is 41.8 Å². The summed E-state index contributed by atoms with van der Waals surface area (Å²) < 4.78 is 7.93. The summed E-state index contributed by atoms with van der Waals surface area (Å²) in [5.41, 5.74) is 3.04. The fourth-order valence-electron chi connectivity index (χ4n) is 3.99. The largest absolute Gasteiger partial charge is 0.370 e. The van der Waals surface area contributed by atoms with Crippen molar-refractivity contribution in [3.05, 3.63) is 64.6 Å². The molecule has 0 saturated carbocycles. The van der Waals surface area contributed by atoms with Crippen molar-refractivity contribution in [3.63, 3.8) is 0 Å². The molecule has 164 valence electrons. The summed E-state index contributed by atoms with van der Waals surface area (Å²) in [6, 6.07) is 7.73. The number of ether oxygens (including phenoxy) is 1. The minimum absolute atomic E-state index is 0.0919. The molecule has 1 fully saturated rings. The number of rotatable bonds is 3. The van der Waals surface area contributed by atoms with Gasteiger partial charge in [-0.3, -0.25) is 9.59 Å². The summed E-state index contributed by atoms with van der Waals surface area (Å²) in [4.78, 5) is 39.8. The quantitative estimate of drug-likeness (QED) is 0.480. The molecule has 1 atom stereocenters. The van der Waals surface area contributed by atoms with E-state index in [2.05, 4.69) is 9.97 Å². The van der Waals surface area contributed by atoms with Gasteiger partial charge in [-0.05, 0) is 30.7 Å². The zero-order chi connectivity index (χ0) is 22.4. The lowest BCUT2D eigenvalue weighted by molar-refractivity contribution is -0.0225. The highest BCUT2D eigenvalue weighted by atomic mass is 32.1. The zero-order valence-corrected chi connectivity index (χ0v) is 18.9. The van der Waals surface area contributed by atoms with Crippen LogP contribution in [0.3, 0.4) is 0 Å². The molecular formula is C23H23N5O3S. The Morgan fingerprint density at radius 3 is 2.94 bits per heavy atom. The Morgan fingerprint density at radius 2 is 2.12 bits per heavy atom. The van der Waals surface area contributed by atoms with Crippen LogP contribution in [0.5, 0.6) is 0 Å². The number of hydrogen-bond donors (Lipinski definition) is 0. The van der Waals surface area contributed by atoms with Gasteiger partial charge >= 0.3 is 0 Å². The van der Waals surface area contributed by atoms with Gasteiger partial charge in [-0.15, -0.1) is 11.3 Å². The third-order valence-electron chi connectivity index (χ3n) is 5.62. The first-order valence-corrected chi connectivity index (χ1v) is 11.2. The van der Waals surface area contributed by atoms with E-state index in [1.165, 1.54) is 11.3 Å². The van der Waals surface area contributed by atoms with Crippen molar-refractivity contribution >= 4 is 39.0 Å². The average Bonchev–Trinajstić information content (AvgIpc) is 3.39. The Hall–Kier alpha value is -3.30. The van der Waals surface area contributed by atoms with Crippen molar-refractivity contribution in [1.82, 2.24) is 24.2 Å². The summed E-state index contributed by atoms with van der Waals surface area (Å²) in [6.07, 6.45) is 4.96. The Bertz CT molecular complexity index is 1340. The van der Waals surface area contributed by atoms with E-state index in [1.54, 1.807) is 36.3 Å². The normalized spacial score (nSPS) is 16.6. The molecule has 0 spiro atoms. The van der Waals surface area contributed by atoms with E-state index in [-0.39, 0.29) is 11.8 Å². The molecule has 1 aliphatic heterocycles. The summed E-state index contributed by atoms with van der Waals surface area (Å²) in [7, 11) is 3.46. The van der Waals surface area contributed by atoms with Crippen LogP contribution in [-0.4, -0.2) is 69.8 Å². The maximum atomic E-state index is 13.3. The van der Waals surface area contributed by atoms with Gasteiger partial charge in [-0.1, -0.05) is 6.07 Å². The van der Waals surface area contributed by atoms with Gasteiger partial charge in [0.2, 0.25) is 0 Å². The standard InChI is InChI=1S/C23H23N5O3S/c1-14-6-8-27-12-16(25-18(27)11-14)22(29)28-9-10-31-17(13-28)19-15-5-4-7-24-21(15)32-20(19)23(30)26(2)3/h4-8,11-12,17H,9-10,13H2,1-3H3/t17-/m1/s1. The summed E-state index contributed by atoms with van der Waals surface area (Å²) in [6.45, 7) is 3.20. The van der Waals surface area contributed by atoms with Gasteiger partial charge in [-0.2, -0.15) is 0 Å². The molecule has 5 rings (SSSR count). The molecule has 0 aromatic carbocycles. The van der Waals surface area contributed by atoms with Crippen LogP contribution in [0, 0.1) is 6.92 Å². The molecule has 0 unspecified atom stereocenters. The van der Waals surface area contributed by atoms with Crippen molar-refractivity contribution in [2.24, 2.45) is 0 Å². The summed E-state index contributed by atoms with van der Waals surface area (Å²) in [5, 5.41) is 0.894. The first-order valence-electron chi connectivity index (χ1n) is 10.4. The van der Waals surface area contributed by atoms with Crippen LogP contribution in [0.1, 0.15) is 37.4 Å². The Morgan fingerprint density at radius 1 is 1.28 bits per heavy atom. The van der Waals surface area contributed by atoms with Crippen molar-refractivity contribution in [2.75, 3.05) is 33.8 Å². The predicted octanol–water partition coefficient (Wildman–Crippen LogP) is 3.17. The van der Waals surface area contributed by atoms with Crippen LogP contribution in [0.25, 0.3) is 15.9 Å². The van der Waals surface area contributed by atoms with Gasteiger partial charge in [0, 0.05) is 50.2 Å². The molecule has 1 saturated heterocycles. The van der Waals surface area contributed by atoms with E-state index >= 15 is 0 Å². The molecule has 0 bridgehead atoms. The molecule has 4 aromatic heterocycles. The topological polar surface area (TPSA) is 80.0 Å². The van der Waals surface area contributed by atoms with Crippen molar-refractivity contribution < 1.29 is 14.3 Å². The molecular weight excluding hydrogens is 426 g/mol. The zero-order valence-electron chi connectivity index (χ0n) is 18.1. The van der Waals surface area contributed by atoms with Gasteiger partial charge < -0.3 is 18.9 Å². The van der Waals surface area contributed by atoms with Gasteiger partial charge in [-0.25, -0.2) is 9.97 Å². The third-order valence-corrected chi connectivity index (χ3v) is 6.73. The molecule has 9 heteroatoms. The fraction of sp³-hybridized carbons (Fsp3) is 0.304. The molecule has 2 amide bonds. The number of carbonyl (C=O) groups is 2. The summed E-state index contributed by atoms with van der Waals surface area (Å²) >= 11 is 1.36. The van der Waals surface area contributed by atoms with E-state index in [9.17, 15) is 9.59 Å². The van der Waals surface area contributed by atoms with E-state index in [0.29, 0.717) is 30.3 Å². The minimum Gasteiger partial charge on any atom is -0.370 e. The third kappa shape index (κ3) is 3.53. The molecule has 5 heterocycles. The number of hydrogen-bond acceptors (Lipinski definition) is 6. The highest BCUT2D eigenvalue weighted by Gasteiger charge is 2.33.